The molecule has 0 bridgehead atoms. The third kappa shape index (κ3) is 2.44. The van der Waals surface area contributed by atoms with Crippen molar-refractivity contribution < 1.29 is 0 Å². The van der Waals surface area contributed by atoms with Crippen LogP contribution in [0, 0.1) is 13.8 Å². The second-order valence-electron chi connectivity index (χ2n) is 5.36. The lowest BCUT2D eigenvalue weighted by molar-refractivity contribution is 0.681. The van der Waals surface area contributed by atoms with Gasteiger partial charge in [-0.05, 0) is 54.5 Å². The van der Waals surface area contributed by atoms with Gasteiger partial charge in [-0.15, -0.1) is 14.8 Å². The van der Waals surface area contributed by atoms with Crippen molar-refractivity contribution >= 4 is 11.5 Å². The van der Waals surface area contributed by atoms with Gasteiger partial charge in [0.1, 0.15) is 0 Å². The van der Waals surface area contributed by atoms with Gasteiger partial charge < -0.3 is 4.90 Å². The maximum Gasteiger partial charge on any atom is 0.200 e. The third-order valence-corrected chi connectivity index (χ3v) is 3.87. The molecule has 1 unspecified atom stereocenters. The molecule has 6 nitrogen and oxygen atoms in total. The van der Waals surface area contributed by atoms with Gasteiger partial charge in [0.2, 0.25) is 0 Å². The molecule has 0 amide bonds. The highest BCUT2D eigenvalue weighted by Crippen LogP contribution is 2.26. The molecular weight excluding hydrogens is 264 g/mol. The van der Waals surface area contributed by atoms with E-state index >= 15 is 0 Å². The lowest BCUT2D eigenvalue weighted by Crippen LogP contribution is -2.24. The minimum atomic E-state index is 0.215. The average molecular weight is 282 g/mol. The molecule has 6 heteroatoms. The Morgan fingerprint density at radius 2 is 1.95 bits per heavy atom. The van der Waals surface area contributed by atoms with E-state index in [-0.39, 0.29) is 6.04 Å². The van der Waals surface area contributed by atoms with Crippen LogP contribution in [0.2, 0.25) is 0 Å². The standard InChI is InChI=1S/C15H18N6/c1-10-5-6-13(11(2)9-10)12(3)20(4)15-8-7-14-16-18-19-21(14)17-15/h5-9,12H,1-4H3. The molecule has 2 aromatic heterocycles. The van der Waals surface area contributed by atoms with E-state index in [1.165, 1.54) is 21.3 Å². The van der Waals surface area contributed by atoms with E-state index in [4.69, 9.17) is 0 Å². The van der Waals surface area contributed by atoms with Crippen molar-refractivity contribution in [2.75, 3.05) is 11.9 Å². The van der Waals surface area contributed by atoms with Crippen molar-refractivity contribution in [2.45, 2.75) is 26.8 Å². The smallest absolute Gasteiger partial charge is 0.200 e. The molecule has 0 saturated heterocycles. The van der Waals surface area contributed by atoms with Gasteiger partial charge in [0, 0.05) is 7.05 Å². The summed E-state index contributed by atoms with van der Waals surface area (Å²) in [6, 6.07) is 10.6. The van der Waals surface area contributed by atoms with Gasteiger partial charge in [0.15, 0.2) is 11.5 Å². The summed E-state index contributed by atoms with van der Waals surface area (Å²) in [5.41, 5.74) is 4.50. The first-order valence-electron chi connectivity index (χ1n) is 6.91. The zero-order valence-electron chi connectivity index (χ0n) is 12.6. The highest BCUT2D eigenvalue weighted by Gasteiger charge is 2.16. The predicted molar refractivity (Wildman–Crippen MR) is 81.3 cm³/mol. The Morgan fingerprint density at radius 1 is 1.14 bits per heavy atom. The van der Waals surface area contributed by atoms with Gasteiger partial charge >= 0.3 is 0 Å². The Kier molecular flexibility index (Phi) is 3.29. The molecule has 0 spiro atoms. The van der Waals surface area contributed by atoms with E-state index in [0.29, 0.717) is 5.65 Å². The van der Waals surface area contributed by atoms with Crippen molar-refractivity contribution in [3.63, 3.8) is 0 Å². The van der Waals surface area contributed by atoms with Crippen LogP contribution in [-0.4, -0.2) is 32.3 Å². The van der Waals surface area contributed by atoms with Crippen LogP contribution in [-0.2, 0) is 0 Å². The molecule has 0 aliphatic rings. The second kappa shape index (κ2) is 5.12. The molecule has 0 radical (unpaired) electrons. The average Bonchev–Trinajstić information content (AvgIpc) is 2.93. The Labute approximate surface area is 123 Å². The fourth-order valence-electron chi connectivity index (χ4n) is 2.53. The van der Waals surface area contributed by atoms with E-state index in [1.807, 2.05) is 19.2 Å². The SMILES string of the molecule is Cc1ccc(C(C)N(C)c2ccc3nnnn3n2)c(C)c1. The van der Waals surface area contributed by atoms with Gasteiger partial charge in [-0.3, -0.25) is 0 Å². The monoisotopic (exact) mass is 282 g/mol. The maximum atomic E-state index is 4.44. The zero-order chi connectivity index (χ0) is 15.0. The zero-order valence-corrected chi connectivity index (χ0v) is 12.6. The summed E-state index contributed by atoms with van der Waals surface area (Å²) in [6.07, 6.45) is 0. The van der Waals surface area contributed by atoms with Crippen molar-refractivity contribution in [1.82, 2.24) is 25.3 Å². The largest absolute Gasteiger partial charge is 0.351 e. The minimum absolute atomic E-state index is 0.215. The fraction of sp³-hybridized carbons (Fsp3) is 0.333. The number of benzene rings is 1. The first kappa shape index (κ1) is 13.5. The number of nitrogens with zero attached hydrogens (tertiary/aromatic N) is 6. The van der Waals surface area contributed by atoms with Crippen LogP contribution in [0.3, 0.4) is 0 Å². The molecule has 21 heavy (non-hydrogen) atoms. The van der Waals surface area contributed by atoms with Gasteiger partial charge in [-0.2, -0.15) is 0 Å². The molecule has 1 atom stereocenters. The number of hydrogen-bond donors (Lipinski definition) is 0. The molecule has 108 valence electrons. The number of aromatic nitrogens is 5. The molecule has 1 aromatic carbocycles. The number of tetrazole rings is 1. The van der Waals surface area contributed by atoms with Crippen molar-refractivity contribution in [1.29, 1.82) is 0 Å². The number of fused-ring (bicyclic) bond motifs is 1. The van der Waals surface area contributed by atoms with E-state index in [0.717, 1.165) is 5.82 Å². The predicted octanol–water partition coefficient (Wildman–Crippen LogP) is 2.33. The van der Waals surface area contributed by atoms with Crippen molar-refractivity contribution in [3.8, 4) is 0 Å². The summed E-state index contributed by atoms with van der Waals surface area (Å²) in [5, 5.41) is 15.8. The minimum Gasteiger partial charge on any atom is -0.351 e. The van der Waals surface area contributed by atoms with Crippen LogP contribution in [0.15, 0.2) is 30.3 Å². The quantitative estimate of drug-likeness (QED) is 0.738. The molecule has 0 saturated carbocycles. The van der Waals surface area contributed by atoms with Gasteiger partial charge in [-0.1, -0.05) is 23.8 Å². The Balaban J connectivity index is 1.94. The fourth-order valence-corrected chi connectivity index (χ4v) is 2.53. The van der Waals surface area contributed by atoms with Crippen LogP contribution >= 0.6 is 0 Å². The number of aryl methyl sites for hydroxylation is 2. The summed E-state index contributed by atoms with van der Waals surface area (Å²) < 4.78 is 1.44. The lowest BCUT2D eigenvalue weighted by atomic mass is 9.99. The molecule has 3 aromatic rings. The normalized spacial score (nSPS) is 12.6. The van der Waals surface area contributed by atoms with Gasteiger partial charge in [0.05, 0.1) is 6.04 Å². The molecule has 0 aliphatic heterocycles. The third-order valence-electron chi connectivity index (χ3n) is 3.87. The molecule has 2 heterocycles. The molecular formula is C15H18N6. The summed E-state index contributed by atoms with van der Waals surface area (Å²) in [5.74, 6) is 0.835. The van der Waals surface area contributed by atoms with Crippen LogP contribution < -0.4 is 4.90 Å². The summed E-state index contributed by atoms with van der Waals surface area (Å²) >= 11 is 0. The van der Waals surface area contributed by atoms with E-state index in [1.54, 1.807) is 0 Å². The van der Waals surface area contributed by atoms with Gasteiger partial charge in [0.25, 0.3) is 0 Å². The van der Waals surface area contributed by atoms with E-state index in [2.05, 4.69) is 64.5 Å². The maximum absolute atomic E-state index is 4.44. The highest BCUT2D eigenvalue weighted by atomic mass is 15.6. The van der Waals surface area contributed by atoms with E-state index < -0.39 is 0 Å². The topological polar surface area (TPSA) is 59.2 Å². The first-order valence-corrected chi connectivity index (χ1v) is 6.91. The Hall–Kier alpha value is -2.50. The molecule has 0 fully saturated rings. The first-order chi connectivity index (χ1) is 10.1. The van der Waals surface area contributed by atoms with Crippen molar-refractivity contribution in [2.24, 2.45) is 0 Å². The van der Waals surface area contributed by atoms with Crippen LogP contribution in [0.1, 0.15) is 29.7 Å². The Morgan fingerprint density at radius 3 is 2.71 bits per heavy atom. The van der Waals surface area contributed by atoms with E-state index in [9.17, 15) is 0 Å². The molecule has 0 aliphatic carbocycles. The number of rotatable bonds is 3. The number of anilines is 1. The molecule has 3 rings (SSSR count). The second-order valence-corrected chi connectivity index (χ2v) is 5.36. The summed E-state index contributed by atoms with van der Waals surface area (Å²) in [4.78, 5) is 2.12. The van der Waals surface area contributed by atoms with Crippen molar-refractivity contribution in [3.05, 3.63) is 47.0 Å². The number of hydrogen-bond acceptors (Lipinski definition) is 5. The Bertz CT molecular complexity index is 779. The summed E-state index contributed by atoms with van der Waals surface area (Å²) in [6.45, 7) is 6.42. The lowest BCUT2D eigenvalue weighted by Gasteiger charge is -2.27. The van der Waals surface area contributed by atoms with Crippen LogP contribution in [0.25, 0.3) is 5.65 Å². The molecule has 0 N–H and O–H groups in total. The van der Waals surface area contributed by atoms with Crippen LogP contribution in [0.4, 0.5) is 5.82 Å². The van der Waals surface area contributed by atoms with Crippen LogP contribution in [0.5, 0.6) is 0 Å². The highest BCUT2D eigenvalue weighted by molar-refractivity contribution is 5.46. The summed E-state index contributed by atoms with van der Waals surface area (Å²) in [7, 11) is 2.03. The van der Waals surface area contributed by atoms with Gasteiger partial charge in [-0.25, -0.2) is 0 Å².